The fourth-order valence-corrected chi connectivity index (χ4v) is 2.99. The Balaban J connectivity index is 2.65. The summed E-state index contributed by atoms with van der Waals surface area (Å²) in [5.74, 6) is -0.995. The molecule has 0 N–H and O–H groups in total. The van der Waals surface area contributed by atoms with Gasteiger partial charge in [-0.1, -0.05) is 0 Å². The van der Waals surface area contributed by atoms with Crippen LogP contribution in [0.15, 0.2) is 27.6 Å². The molecule has 0 aliphatic carbocycles. The first-order valence-corrected chi connectivity index (χ1v) is 11.5. The molecule has 0 bridgehead atoms. The molecule has 7 heteroatoms. The van der Waals surface area contributed by atoms with E-state index in [1.54, 1.807) is 6.08 Å². The fraction of sp³-hybridized carbons (Fsp3) is 0.200. The number of hydrogen-bond donors (Lipinski definition) is 0. The summed E-state index contributed by atoms with van der Waals surface area (Å²) in [6.07, 6.45) is 1.68. The van der Waals surface area contributed by atoms with Gasteiger partial charge in [-0.2, -0.15) is 0 Å². The van der Waals surface area contributed by atoms with Gasteiger partial charge in [0.1, 0.15) is 0 Å². The molecule has 2 aromatic rings. The Hall–Kier alpha value is -1.58. The fourth-order valence-electron chi connectivity index (χ4n) is 1.83. The van der Waals surface area contributed by atoms with Gasteiger partial charge in [0, 0.05) is 0 Å². The van der Waals surface area contributed by atoms with Crippen LogP contribution in [0.3, 0.4) is 0 Å². The summed E-state index contributed by atoms with van der Waals surface area (Å²) in [5.41, 5.74) is 4.37. The predicted octanol–water partition coefficient (Wildman–Crippen LogP) is 4.23. The van der Waals surface area contributed by atoms with Crippen molar-refractivity contribution in [3.05, 3.63) is 45.2 Å². The van der Waals surface area contributed by atoms with E-state index in [4.69, 9.17) is 20.9 Å². The van der Waals surface area contributed by atoms with E-state index < -0.39 is 26.4 Å². The van der Waals surface area contributed by atoms with Crippen LogP contribution in [0, 0.1) is 5.82 Å². The minimum atomic E-state index is -1.07. The van der Waals surface area contributed by atoms with Crippen molar-refractivity contribution in [1.29, 1.82) is 0 Å². The number of methoxy groups -OCH3 is 1. The maximum absolute atomic E-state index is 14.1. The van der Waals surface area contributed by atoms with Gasteiger partial charge in [0.15, 0.2) is 0 Å². The van der Waals surface area contributed by atoms with Gasteiger partial charge < -0.3 is 0 Å². The van der Waals surface area contributed by atoms with Crippen molar-refractivity contribution >= 4 is 38.3 Å². The van der Waals surface area contributed by atoms with Gasteiger partial charge in [-0.3, -0.25) is 0 Å². The third-order valence-corrected chi connectivity index (χ3v) is 4.71. The van der Waals surface area contributed by atoms with E-state index in [9.17, 15) is 9.18 Å². The molecule has 0 aliphatic rings. The molecule has 0 saturated carbocycles. The third-order valence-electron chi connectivity index (χ3n) is 2.83. The summed E-state index contributed by atoms with van der Waals surface area (Å²) >= 11 is 4.97. The van der Waals surface area contributed by atoms with Gasteiger partial charge in [-0.15, -0.1) is 0 Å². The maximum atomic E-state index is 14.1. The Morgan fingerprint density at radius 1 is 1.45 bits per heavy atom. The molecule has 0 unspecified atom stereocenters. The molecule has 0 amide bonds. The average Bonchev–Trinajstić information content (AvgIpc) is 2.88. The monoisotopic (exact) mass is 385 g/mol. The van der Waals surface area contributed by atoms with Gasteiger partial charge in [-0.05, 0) is 0 Å². The second-order valence-corrected chi connectivity index (χ2v) is 9.71. The first-order chi connectivity index (χ1) is 10.5. The molecule has 0 saturated heterocycles. The molecular formula is C15H14AsClFNO3. The molecule has 22 heavy (non-hydrogen) atoms. The van der Waals surface area contributed by atoms with Gasteiger partial charge in [0.25, 0.3) is 0 Å². The molecule has 0 radical (unpaired) electrons. The number of hydrogen-bond acceptors (Lipinski definition) is 4. The number of aromatic nitrogens is 1. The Bertz CT molecular complexity index is 707. The first kappa shape index (κ1) is 16.8. The van der Waals surface area contributed by atoms with Crippen LogP contribution in [0.2, 0.25) is 16.4 Å². The first-order valence-electron chi connectivity index (χ1n) is 6.32. The molecule has 0 aliphatic heterocycles. The summed E-state index contributed by atoms with van der Waals surface area (Å²) in [7, 11) is 1.24. The van der Waals surface area contributed by atoms with Crippen molar-refractivity contribution in [2.75, 3.05) is 7.11 Å². The van der Waals surface area contributed by atoms with Crippen LogP contribution in [0.1, 0.15) is 16.1 Å². The van der Waals surface area contributed by atoms with Gasteiger partial charge in [0.05, 0.1) is 0 Å². The molecule has 0 fully saturated rings. The van der Waals surface area contributed by atoms with Crippen LogP contribution < -0.4 is 0 Å². The summed E-state index contributed by atoms with van der Waals surface area (Å²) < 4.78 is 24.0. The Kier molecular flexibility index (Phi) is 5.43. The number of carbonyl (C=O) groups excluding carboxylic acids is 1. The molecular weight excluding hydrogens is 372 g/mol. The van der Waals surface area contributed by atoms with E-state index in [-0.39, 0.29) is 27.6 Å². The van der Waals surface area contributed by atoms with Crippen molar-refractivity contribution in [2.45, 2.75) is 11.4 Å². The zero-order valence-electron chi connectivity index (χ0n) is 12.3. The Labute approximate surface area is 137 Å². The zero-order chi connectivity index (χ0) is 16.3. The Morgan fingerprint density at radius 3 is 2.77 bits per heavy atom. The second-order valence-electron chi connectivity index (χ2n) is 4.64. The zero-order valence-corrected chi connectivity index (χ0v) is 14.9. The van der Waals surface area contributed by atoms with Gasteiger partial charge in [0.2, 0.25) is 0 Å². The number of benzene rings is 1. The molecule has 1 aromatic carbocycles. The normalized spacial score (nSPS) is 11.4. The van der Waals surface area contributed by atoms with Crippen LogP contribution >= 0.6 is 11.6 Å². The minimum absolute atomic E-state index is 0.0235. The van der Waals surface area contributed by atoms with Crippen molar-refractivity contribution in [3.8, 4) is 11.3 Å². The number of halogens is 2. The van der Waals surface area contributed by atoms with E-state index in [2.05, 4.69) is 16.6 Å². The van der Waals surface area contributed by atoms with E-state index in [1.807, 2.05) is 4.86 Å². The third kappa shape index (κ3) is 3.42. The predicted molar refractivity (Wildman–Crippen MR) is 84.8 cm³/mol. The summed E-state index contributed by atoms with van der Waals surface area (Å²) in [4.78, 5) is 14.0. The van der Waals surface area contributed by atoms with Crippen LogP contribution in [-0.4, -0.2) is 32.9 Å². The van der Waals surface area contributed by atoms with Gasteiger partial charge >= 0.3 is 137 Å². The van der Waals surface area contributed by atoms with E-state index in [0.29, 0.717) is 0 Å². The van der Waals surface area contributed by atoms with E-state index >= 15 is 0 Å². The number of esters is 1. The molecule has 0 atom stereocenters. The number of ether oxygens (including phenoxy) is 1. The molecule has 0 spiro atoms. The summed E-state index contributed by atoms with van der Waals surface area (Å²) in [6.45, 7) is 0. The van der Waals surface area contributed by atoms with Crippen molar-refractivity contribution in [1.82, 2.24) is 5.16 Å². The van der Waals surface area contributed by atoms with Crippen LogP contribution in [0.4, 0.5) is 4.39 Å². The number of nitrogens with zero attached hydrogens (tertiary/aromatic N) is 1. The van der Waals surface area contributed by atoms with Crippen molar-refractivity contribution < 1.29 is 18.4 Å². The van der Waals surface area contributed by atoms with Gasteiger partial charge in [-0.25, -0.2) is 0 Å². The number of carbonyl (C=O) groups is 1. The van der Waals surface area contributed by atoms with Crippen molar-refractivity contribution in [2.24, 2.45) is 0 Å². The average molecular weight is 386 g/mol. The van der Waals surface area contributed by atoms with Crippen LogP contribution in [0.5, 0.6) is 0 Å². The molecule has 2 rings (SSSR count). The Morgan fingerprint density at radius 2 is 2.18 bits per heavy atom. The number of rotatable bonds is 4. The quantitative estimate of drug-likeness (QED) is 0.584. The topological polar surface area (TPSA) is 52.3 Å². The molecule has 1 heterocycles. The van der Waals surface area contributed by atoms with Crippen molar-refractivity contribution in [3.63, 3.8) is 0 Å². The second kappa shape index (κ2) is 7.12. The van der Waals surface area contributed by atoms with E-state index in [0.717, 1.165) is 0 Å². The summed E-state index contributed by atoms with van der Waals surface area (Å²) in [5, 5.41) is 3.97. The molecule has 116 valence electrons. The SMILES string of the molecule is COC(=O)c1c(-c2c(F)cccc2Cl)noc1C=C[As](C)C. The van der Waals surface area contributed by atoms with Crippen LogP contribution in [-0.2, 0) is 4.74 Å². The molecule has 1 aromatic heterocycles. The standard InChI is InChI=1S/C15H14AsClFNO3/c1-16(2)8-7-11-13(15(20)21-3)14(19-22-11)12-9(17)5-4-6-10(12)18/h4-8H,1-3H3. The summed E-state index contributed by atoms with van der Waals surface area (Å²) in [6, 6.07) is 4.24. The van der Waals surface area contributed by atoms with E-state index in [1.165, 1.54) is 25.3 Å². The molecule has 4 nitrogen and oxygen atoms in total. The van der Waals surface area contributed by atoms with Crippen LogP contribution in [0.25, 0.3) is 17.3 Å².